The highest BCUT2D eigenvalue weighted by Crippen LogP contribution is 2.33. The number of hydrogen-bond acceptors (Lipinski definition) is 1. The van der Waals surface area contributed by atoms with Crippen LogP contribution in [0.1, 0.15) is 29.7 Å². The lowest BCUT2D eigenvalue weighted by atomic mass is 9.91. The van der Waals surface area contributed by atoms with Gasteiger partial charge in [0.25, 0.3) is 0 Å². The van der Waals surface area contributed by atoms with E-state index in [2.05, 4.69) is 74.5 Å². The zero-order valence-electron chi connectivity index (χ0n) is 13.9. The summed E-state index contributed by atoms with van der Waals surface area (Å²) in [6.07, 6.45) is -0.489. The third kappa shape index (κ3) is 3.35. The Morgan fingerprint density at radius 1 is 0.696 bits per heavy atom. The molecule has 0 aromatic heterocycles. The van der Waals surface area contributed by atoms with Gasteiger partial charge in [0.1, 0.15) is 0 Å². The van der Waals surface area contributed by atoms with E-state index >= 15 is 0 Å². The molecule has 0 saturated heterocycles. The van der Waals surface area contributed by atoms with E-state index in [1.807, 2.05) is 13.0 Å². The summed E-state index contributed by atoms with van der Waals surface area (Å²) in [5.41, 5.74) is 8.06. The van der Waals surface area contributed by atoms with Crippen LogP contribution in [0.5, 0.6) is 0 Å². The van der Waals surface area contributed by atoms with Crippen LogP contribution >= 0.6 is 0 Å². The van der Waals surface area contributed by atoms with E-state index < -0.39 is 6.10 Å². The van der Waals surface area contributed by atoms with Gasteiger partial charge >= 0.3 is 0 Å². The summed E-state index contributed by atoms with van der Waals surface area (Å²) in [4.78, 5) is 0. The first-order chi connectivity index (χ1) is 11.0. The second kappa shape index (κ2) is 6.39. The highest BCUT2D eigenvalue weighted by Gasteiger charge is 2.12. The largest absolute Gasteiger partial charge is 0.389 e. The van der Waals surface area contributed by atoms with E-state index in [1.54, 1.807) is 0 Å². The number of aliphatic hydroxyl groups is 1. The fraction of sp³-hybridized carbons (Fsp3) is 0.182. The summed E-state index contributed by atoms with van der Waals surface area (Å²) < 4.78 is 0. The molecule has 1 N–H and O–H groups in total. The third-order valence-electron chi connectivity index (χ3n) is 4.18. The lowest BCUT2D eigenvalue weighted by Gasteiger charge is -2.15. The molecule has 1 nitrogen and oxygen atoms in total. The Labute approximate surface area is 138 Å². The van der Waals surface area contributed by atoms with Crippen molar-refractivity contribution in [2.75, 3.05) is 0 Å². The predicted octanol–water partition coefficient (Wildman–Crippen LogP) is 5.69. The SMILES string of the molecule is Cc1cccc(-c2ccc([C@H](C)O)c(-c3cccc(C)c3)c2)c1. The molecule has 0 heterocycles. The van der Waals surface area contributed by atoms with Gasteiger partial charge < -0.3 is 5.11 Å². The van der Waals surface area contributed by atoms with Crippen LogP contribution in [0.15, 0.2) is 66.7 Å². The Morgan fingerprint density at radius 3 is 1.87 bits per heavy atom. The maximum absolute atomic E-state index is 10.1. The van der Waals surface area contributed by atoms with Crippen molar-refractivity contribution in [2.24, 2.45) is 0 Å². The molecule has 0 bridgehead atoms. The number of hydrogen-bond donors (Lipinski definition) is 1. The summed E-state index contributed by atoms with van der Waals surface area (Å²) >= 11 is 0. The molecular formula is C22H22O. The summed E-state index contributed by atoms with van der Waals surface area (Å²) in [6.45, 7) is 6.02. The van der Waals surface area contributed by atoms with Gasteiger partial charge in [-0.15, -0.1) is 0 Å². The molecule has 1 atom stereocenters. The van der Waals surface area contributed by atoms with Crippen LogP contribution in [0.3, 0.4) is 0 Å². The zero-order chi connectivity index (χ0) is 16.4. The Morgan fingerprint density at radius 2 is 1.26 bits per heavy atom. The molecule has 0 aliphatic carbocycles. The van der Waals surface area contributed by atoms with E-state index in [0.717, 1.165) is 16.7 Å². The normalized spacial score (nSPS) is 12.2. The van der Waals surface area contributed by atoms with Gasteiger partial charge in [0.15, 0.2) is 0 Å². The van der Waals surface area contributed by atoms with Gasteiger partial charge in [-0.25, -0.2) is 0 Å². The average Bonchev–Trinajstić information content (AvgIpc) is 2.54. The molecule has 0 aliphatic heterocycles. The van der Waals surface area contributed by atoms with Crippen molar-refractivity contribution >= 4 is 0 Å². The van der Waals surface area contributed by atoms with Gasteiger partial charge in [-0.2, -0.15) is 0 Å². The fourth-order valence-electron chi connectivity index (χ4n) is 2.99. The molecule has 0 fully saturated rings. The smallest absolute Gasteiger partial charge is 0.0767 e. The maximum Gasteiger partial charge on any atom is 0.0767 e. The second-order valence-electron chi connectivity index (χ2n) is 6.22. The molecular weight excluding hydrogens is 280 g/mol. The lowest BCUT2D eigenvalue weighted by molar-refractivity contribution is 0.200. The molecule has 0 unspecified atom stereocenters. The van der Waals surface area contributed by atoms with Crippen LogP contribution in [0.4, 0.5) is 0 Å². The Hall–Kier alpha value is -2.38. The van der Waals surface area contributed by atoms with Gasteiger partial charge in [0, 0.05) is 0 Å². The van der Waals surface area contributed by atoms with Crippen molar-refractivity contribution in [2.45, 2.75) is 26.9 Å². The summed E-state index contributed by atoms with van der Waals surface area (Å²) in [5.74, 6) is 0. The number of aliphatic hydroxyl groups excluding tert-OH is 1. The van der Waals surface area contributed by atoms with E-state index in [1.165, 1.54) is 22.3 Å². The van der Waals surface area contributed by atoms with Crippen molar-refractivity contribution in [1.29, 1.82) is 0 Å². The van der Waals surface area contributed by atoms with Crippen LogP contribution in [0.25, 0.3) is 22.3 Å². The van der Waals surface area contributed by atoms with E-state index in [0.29, 0.717) is 0 Å². The molecule has 3 rings (SSSR count). The van der Waals surface area contributed by atoms with E-state index in [4.69, 9.17) is 0 Å². The minimum absolute atomic E-state index is 0.489. The molecule has 0 aliphatic rings. The highest BCUT2D eigenvalue weighted by atomic mass is 16.3. The molecule has 0 amide bonds. The van der Waals surface area contributed by atoms with Crippen LogP contribution in [-0.2, 0) is 0 Å². The Bertz CT molecular complexity index is 831. The van der Waals surface area contributed by atoms with Crippen molar-refractivity contribution in [3.8, 4) is 22.3 Å². The van der Waals surface area contributed by atoms with Crippen molar-refractivity contribution in [3.63, 3.8) is 0 Å². The highest BCUT2D eigenvalue weighted by molar-refractivity contribution is 5.76. The van der Waals surface area contributed by atoms with Crippen LogP contribution < -0.4 is 0 Å². The Kier molecular flexibility index (Phi) is 4.31. The van der Waals surface area contributed by atoms with E-state index in [9.17, 15) is 5.11 Å². The first kappa shape index (κ1) is 15.5. The van der Waals surface area contributed by atoms with Gasteiger partial charge in [-0.1, -0.05) is 71.8 Å². The van der Waals surface area contributed by atoms with Crippen LogP contribution in [0, 0.1) is 13.8 Å². The fourth-order valence-corrected chi connectivity index (χ4v) is 2.99. The minimum atomic E-state index is -0.489. The quantitative estimate of drug-likeness (QED) is 0.659. The van der Waals surface area contributed by atoms with E-state index in [-0.39, 0.29) is 0 Å². The average molecular weight is 302 g/mol. The van der Waals surface area contributed by atoms with Gasteiger partial charge in [-0.05, 0) is 54.7 Å². The lowest BCUT2D eigenvalue weighted by Crippen LogP contribution is -1.96. The molecule has 116 valence electrons. The number of benzene rings is 3. The summed E-state index contributed by atoms with van der Waals surface area (Å²) in [7, 11) is 0. The minimum Gasteiger partial charge on any atom is -0.389 e. The topological polar surface area (TPSA) is 20.2 Å². The van der Waals surface area contributed by atoms with Crippen LogP contribution in [0.2, 0.25) is 0 Å². The standard InChI is InChI=1S/C22H22O/c1-15-6-4-8-18(12-15)19-10-11-21(17(3)23)22(14-19)20-9-5-7-16(2)13-20/h4-14,17,23H,1-3H3/t17-/m0/s1. The number of aryl methyl sites for hydroxylation is 2. The van der Waals surface area contributed by atoms with Crippen molar-refractivity contribution in [1.82, 2.24) is 0 Å². The third-order valence-corrected chi connectivity index (χ3v) is 4.18. The summed E-state index contributed by atoms with van der Waals surface area (Å²) in [5, 5.41) is 10.1. The molecule has 0 saturated carbocycles. The molecule has 1 heteroatoms. The van der Waals surface area contributed by atoms with Gasteiger partial charge in [-0.3, -0.25) is 0 Å². The second-order valence-corrected chi connectivity index (χ2v) is 6.22. The molecule has 23 heavy (non-hydrogen) atoms. The first-order valence-electron chi connectivity index (χ1n) is 8.00. The molecule has 0 radical (unpaired) electrons. The summed E-state index contributed by atoms with van der Waals surface area (Å²) in [6, 6.07) is 23.3. The van der Waals surface area contributed by atoms with Crippen molar-refractivity contribution < 1.29 is 5.11 Å². The Balaban J connectivity index is 2.18. The van der Waals surface area contributed by atoms with Gasteiger partial charge in [0.05, 0.1) is 6.10 Å². The first-order valence-corrected chi connectivity index (χ1v) is 8.00. The van der Waals surface area contributed by atoms with Crippen LogP contribution in [-0.4, -0.2) is 5.11 Å². The number of rotatable bonds is 3. The predicted molar refractivity (Wildman–Crippen MR) is 97.4 cm³/mol. The zero-order valence-corrected chi connectivity index (χ0v) is 13.9. The van der Waals surface area contributed by atoms with Crippen molar-refractivity contribution in [3.05, 3.63) is 83.4 Å². The molecule has 3 aromatic carbocycles. The van der Waals surface area contributed by atoms with Gasteiger partial charge in [0.2, 0.25) is 0 Å². The molecule has 0 spiro atoms. The maximum atomic E-state index is 10.1. The monoisotopic (exact) mass is 302 g/mol. The molecule has 3 aromatic rings.